The van der Waals surface area contributed by atoms with Gasteiger partial charge in [-0.25, -0.2) is 4.39 Å². The predicted octanol–water partition coefficient (Wildman–Crippen LogP) is 4.92. The first-order valence-corrected chi connectivity index (χ1v) is 6.57. The van der Waals surface area contributed by atoms with Crippen molar-refractivity contribution < 1.29 is 4.39 Å². The minimum Gasteiger partial charge on any atom is -0.379 e. The Labute approximate surface area is 114 Å². The Morgan fingerprint density at radius 3 is 2.11 bits per heavy atom. The molecule has 0 fully saturated rings. The van der Waals surface area contributed by atoms with Gasteiger partial charge in [0.25, 0.3) is 0 Å². The highest BCUT2D eigenvalue weighted by Gasteiger charge is 2.10. The second-order valence-corrected chi connectivity index (χ2v) is 5.17. The molecule has 2 heteroatoms. The molecular formula is C17H20FN. The molecule has 0 aliphatic rings. The van der Waals surface area contributed by atoms with E-state index in [1.165, 1.54) is 34.4 Å². The van der Waals surface area contributed by atoms with Crippen molar-refractivity contribution in [3.8, 4) is 0 Å². The molecule has 0 spiro atoms. The van der Waals surface area contributed by atoms with Gasteiger partial charge in [-0.05, 0) is 74.2 Å². The summed E-state index contributed by atoms with van der Waals surface area (Å²) >= 11 is 0. The van der Waals surface area contributed by atoms with Gasteiger partial charge in [0, 0.05) is 11.7 Å². The van der Waals surface area contributed by atoms with Gasteiger partial charge in [-0.2, -0.15) is 0 Å². The third-order valence-corrected chi connectivity index (χ3v) is 3.58. The van der Waals surface area contributed by atoms with Crippen molar-refractivity contribution >= 4 is 5.69 Å². The van der Waals surface area contributed by atoms with E-state index in [1.807, 2.05) is 0 Å². The lowest BCUT2D eigenvalue weighted by Crippen LogP contribution is -2.09. The summed E-state index contributed by atoms with van der Waals surface area (Å²) in [4.78, 5) is 0. The van der Waals surface area contributed by atoms with Crippen LogP contribution in [0.25, 0.3) is 0 Å². The SMILES string of the molecule is Cc1cc(C)c(C(C)Nc2ccc(F)cc2)cc1C. The molecule has 1 N–H and O–H groups in total. The summed E-state index contributed by atoms with van der Waals surface area (Å²) in [5.74, 6) is -0.208. The summed E-state index contributed by atoms with van der Waals surface area (Å²) in [6.45, 7) is 8.51. The van der Waals surface area contributed by atoms with E-state index in [2.05, 4.69) is 45.1 Å². The van der Waals surface area contributed by atoms with Crippen LogP contribution in [0.2, 0.25) is 0 Å². The lowest BCUT2D eigenvalue weighted by Gasteiger charge is -2.19. The van der Waals surface area contributed by atoms with Gasteiger partial charge in [-0.3, -0.25) is 0 Å². The minimum absolute atomic E-state index is 0.199. The van der Waals surface area contributed by atoms with E-state index in [9.17, 15) is 4.39 Å². The van der Waals surface area contributed by atoms with Gasteiger partial charge in [0.1, 0.15) is 5.82 Å². The van der Waals surface area contributed by atoms with Crippen LogP contribution in [0, 0.1) is 26.6 Å². The van der Waals surface area contributed by atoms with Gasteiger partial charge < -0.3 is 5.32 Å². The number of halogens is 1. The van der Waals surface area contributed by atoms with Crippen LogP contribution in [-0.4, -0.2) is 0 Å². The van der Waals surface area contributed by atoms with Crippen LogP contribution in [0.15, 0.2) is 36.4 Å². The average Bonchev–Trinajstić information content (AvgIpc) is 2.36. The van der Waals surface area contributed by atoms with Gasteiger partial charge in [0.2, 0.25) is 0 Å². The highest BCUT2D eigenvalue weighted by atomic mass is 19.1. The van der Waals surface area contributed by atoms with Crippen molar-refractivity contribution in [1.29, 1.82) is 0 Å². The third-order valence-electron chi connectivity index (χ3n) is 3.58. The highest BCUT2D eigenvalue weighted by Crippen LogP contribution is 2.25. The molecule has 2 aromatic carbocycles. The highest BCUT2D eigenvalue weighted by molar-refractivity contribution is 5.47. The normalized spacial score (nSPS) is 12.3. The Morgan fingerprint density at radius 2 is 1.47 bits per heavy atom. The van der Waals surface area contributed by atoms with Crippen molar-refractivity contribution in [2.45, 2.75) is 33.7 Å². The van der Waals surface area contributed by atoms with Crippen LogP contribution in [0.5, 0.6) is 0 Å². The van der Waals surface area contributed by atoms with Gasteiger partial charge in [0.05, 0.1) is 0 Å². The molecule has 2 aromatic rings. The third kappa shape index (κ3) is 3.14. The van der Waals surface area contributed by atoms with Crippen LogP contribution < -0.4 is 5.32 Å². The molecule has 0 aromatic heterocycles. The van der Waals surface area contributed by atoms with Gasteiger partial charge in [-0.15, -0.1) is 0 Å². The summed E-state index contributed by atoms with van der Waals surface area (Å²) in [6, 6.07) is 11.1. The number of nitrogens with one attached hydrogen (secondary N) is 1. The molecular weight excluding hydrogens is 237 g/mol. The van der Waals surface area contributed by atoms with E-state index >= 15 is 0 Å². The zero-order valence-electron chi connectivity index (χ0n) is 11.9. The van der Waals surface area contributed by atoms with E-state index in [0.717, 1.165) is 5.69 Å². The summed E-state index contributed by atoms with van der Waals surface area (Å²) in [5.41, 5.74) is 6.12. The molecule has 0 aliphatic heterocycles. The second kappa shape index (κ2) is 5.43. The second-order valence-electron chi connectivity index (χ2n) is 5.17. The predicted molar refractivity (Wildman–Crippen MR) is 79.1 cm³/mol. The lowest BCUT2D eigenvalue weighted by atomic mass is 9.96. The molecule has 0 heterocycles. The maximum absolute atomic E-state index is 12.9. The fourth-order valence-corrected chi connectivity index (χ4v) is 2.32. The summed E-state index contributed by atoms with van der Waals surface area (Å²) < 4.78 is 12.9. The molecule has 1 nitrogen and oxygen atoms in total. The van der Waals surface area contributed by atoms with E-state index in [-0.39, 0.29) is 11.9 Å². The monoisotopic (exact) mass is 257 g/mol. The fourth-order valence-electron chi connectivity index (χ4n) is 2.32. The molecule has 0 bridgehead atoms. The van der Waals surface area contributed by atoms with Crippen LogP contribution in [-0.2, 0) is 0 Å². The summed E-state index contributed by atoms with van der Waals surface area (Å²) in [7, 11) is 0. The molecule has 0 saturated carbocycles. The first-order valence-electron chi connectivity index (χ1n) is 6.57. The summed E-state index contributed by atoms with van der Waals surface area (Å²) in [5, 5.41) is 3.41. The number of hydrogen-bond acceptors (Lipinski definition) is 1. The maximum atomic E-state index is 12.9. The maximum Gasteiger partial charge on any atom is 0.123 e. The molecule has 2 rings (SSSR count). The van der Waals surface area contributed by atoms with E-state index in [4.69, 9.17) is 0 Å². The molecule has 19 heavy (non-hydrogen) atoms. The zero-order chi connectivity index (χ0) is 14.0. The largest absolute Gasteiger partial charge is 0.379 e. The van der Waals surface area contributed by atoms with Gasteiger partial charge in [0.15, 0.2) is 0 Å². The van der Waals surface area contributed by atoms with Gasteiger partial charge in [-0.1, -0.05) is 12.1 Å². The van der Waals surface area contributed by atoms with Crippen molar-refractivity contribution in [3.63, 3.8) is 0 Å². The first kappa shape index (κ1) is 13.6. The average molecular weight is 257 g/mol. The van der Waals surface area contributed by atoms with E-state index in [0.29, 0.717) is 0 Å². The van der Waals surface area contributed by atoms with Crippen molar-refractivity contribution in [2.24, 2.45) is 0 Å². The minimum atomic E-state index is -0.208. The Hall–Kier alpha value is -1.83. The van der Waals surface area contributed by atoms with Crippen LogP contribution >= 0.6 is 0 Å². The van der Waals surface area contributed by atoms with Crippen molar-refractivity contribution in [2.75, 3.05) is 5.32 Å². The molecule has 0 radical (unpaired) electrons. The van der Waals surface area contributed by atoms with Crippen molar-refractivity contribution in [3.05, 3.63) is 64.5 Å². The molecule has 1 unspecified atom stereocenters. The molecule has 0 aliphatic carbocycles. The standard InChI is InChI=1S/C17H20FN/c1-11-9-13(3)17(10-12(11)2)14(4)19-16-7-5-15(18)6-8-16/h5-10,14,19H,1-4H3. The van der Waals surface area contributed by atoms with Crippen LogP contribution in [0.3, 0.4) is 0 Å². The van der Waals surface area contributed by atoms with Crippen molar-refractivity contribution in [1.82, 2.24) is 0 Å². The van der Waals surface area contributed by atoms with E-state index < -0.39 is 0 Å². The Kier molecular flexibility index (Phi) is 3.89. The molecule has 0 saturated heterocycles. The summed E-state index contributed by atoms with van der Waals surface area (Å²) in [6.07, 6.45) is 0. The first-order chi connectivity index (χ1) is 8.97. The molecule has 0 amide bonds. The number of anilines is 1. The zero-order valence-corrected chi connectivity index (χ0v) is 11.9. The molecule has 1 atom stereocenters. The topological polar surface area (TPSA) is 12.0 Å². The smallest absolute Gasteiger partial charge is 0.123 e. The van der Waals surface area contributed by atoms with Gasteiger partial charge >= 0.3 is 0 Å². The lowest BCUT2D eigenvalue weighted by molar-refractivity contribution is 0.628. The van der Waals surface area contributed by atoms with Crippen LogP contribution in [0.4, 0.5) is 10.1 Å². The molecule has 100 valence electrons. The number of hydrogen-bond donors (Lipinski definition) is 1. The van der Waals surface area contributed by atoms with E-state index in [1.54, 1.807) is 12.1 Å². The Balaban J connectivity index is 2.22. The van der Waals surface area contributed by atoms with Crippen LogP contribution in [0.1, 0.15) is 35.2 Å². The number of aryl methyl sites for hydroxylation is 3. The Morgan fingerprint density at radius 1 is 0.895 bits per heavy atom. The Bertz CT molecular complexity index is 573. The quantitative estimate of drug-likeness (QED) is 0.822. The number of rotatable bonds is 3. The number of benzene rings is 2. The fraction of sp³-hybridized carbons (Fsp3) is 0.294.